The molecule has 44 heavy (non-hydrogen) atoms. The second kappa shape index (κ2) is 11.1. The minimum atomic E-state index is -4.66. The Kier molecular flexibility index (Phi) is 7.20. The minimum absolute atomic E-state index is 0.0269. The number of rotatable bonds is 8. The lowest BCUT2D eigenvalue weighted by atomic mass is 9.97. The Bertz CT molecular complexity index is 1840. The highest BCUT2D eigenvalue weighted by Crippen LogP contribution is 2.43. The van der Waals surface area contributed by atoms with E-state index in [4.69, 9.17) is 9.40 Å². The van der Waals surface area contributed by atoms with Gasteiger partial charge in [0.25, 0.3) is 0 Å². The molecule has 3 heterocycles. The molecule has 8 nitrogen and oxygen atoms in total. The number of fused-ring (bicyclic) bond motifs is 1. The first kappa shape index (κ1) is 28.6. The van der Waals surface area contributed by atoms with Crippen molar-refractivity contribution in [2.24, 2.45) is 7.05 Å². The number of aliphatic hydroxyl groups excluding tert-OH is 1. The zero-order chi connectivity index (χ0) is 30.6. The van der Waals surface area contributed by atoms with Gasteiger partial charge in [-0.25, -0.2) is 14.4 Å². The lowest BCUT2D eigenvalue weighted by molar-refractivity contribution is -0.136. The van der Waals surface area contributed by atoms with Gasteiger partial charge in [0, 0.05) is 30.3 Å². The zero-order valence-corrected chi connectivity index (χ0v) is 23.9. The van der Waals surface area contributed by atoms with Crippen LogP contribution in [0.15, 0.2) is 53.2 Å². The quantitative estimate of drug-likeness (QED) is 0.196. The number of oxazole rings is 1. The van der Waals surface area contributed by atoms with Gasteiger partial charge in [0.1, 0.15) is 28.9 Å². The molecular formula is C32H30F4N6O2. The molecule has 2 fully saturated rings. The third-order valence-electron chi connectivity index (χ3n) is 8.46. The van der Waals surface area contributed by atoms with Crippen molar-refractivity contribution >= 4 is 11.1 Å². The van der Waals surface area contributed by atoms with Gasteiger partial charge in [-0.05, 0) is 98.2 Å². The summed E-state index contributed by atoms with van der Waals surface area (Å²) in [5.41, 5.74) is 2.24. The van der Waals surface area contributed by atoms with Gasteiger partial charge in [-0.15, -0.1) is 10.2 Å². The molecule has 2 saturated carbocycles. The molecule has 7 rings (SSSR count). The molecule has 2 N–H and O–H groups in total. The summed E-state index contributed by atoms with van der Waals surface area (Å²) >= 11 is 0. The summed E-state index contributed by atoms with van der Waals surface area (Å²) in [5, 5.41) is 21.4. The fourth-order valence-corrected chi connectivity index (χ4v) is 6.02. The van der Waals surface area contributed by atoms with E-state index in [0.29, 0.717) is 46.7 Å². The smallest absolute Gasteiger partial charge is 0.420 e. The summed E-state index contributed by atoms with van der Waals surface area (Å²) in [4.78, 5) is 9.25. The molecule has 0 spiro atoms. The van der Waals surface area contributed by atoms with E-state index in [0.717, 1.165) is 43.9 Å². The lowest BCUT2D eigenvalue weighted by Gasteiger charge is -2.16. The van der Waals surface area contributed by atoms with Gasteiger partial charge in [0.2, 0.25) is 5.89 Å². The maximum Gasteiger partial charge on any atom is 0.420 e. The average Bonchev–Trinajstić information content (AvgIpc) is 3.40. The van der Waals surface area contributed by atoms with Crippen molar-refractivity contribution in [2.75, 3.05) is 6.54 Å². The van der Waals surface area contributed by atoms with Crippen LogP contribution >= 0.6 is 0 Å². The van der Waals surface area contributed by atoms with Crippen LogP contribution in [0.3, 0.4) is 0 Å². The van der Waals surface area contributed by atoms with Crippen molar-refractivity contribution in [3.8, 4) is 34.1 Å². The highest BCUT2D eigenvalue weighted by atomic mass is 19.4. The van der Waals surface area contributed by atoms with Gasteiger partial charge in [0.05, 0.1) is 6.10 Å². The average molecular weight is 607 g/mol. The Morgan fingerprint density at radius 3 is 2.57 bits per heavy atom. The number of benzene rings is 2. The summed E-state index contributed by atoms with van der Waals surface area (Å²) in [5.74, 6) is 0.209. The number of aliphatic hydroxyl groups is 1. The Hall–Kier alpha value is -4.16. The highest BCUT2D eigenvalue weighted by molar-refractivity contribution is 5.84. The van der Waals surface area contributed by atoms with E-state index >= 15 is 0 Å². The van der Waals surface area contributed by atoms with Gasteiger partial charge in [-0.3, -0.25) is 0 Å². The van der Waals surface area contributed by atoms with Gasteiger partial charge in [0.15, 0.2) is 11.4 Å². The number of halogens is 4. The molecule has 0 saturated heterocycles. The van der Waals surface area contributed by atoms with Crippen LogP contribution in [0.4, 0.5) is 17.6 Å². The van der Waals surface area contributed by atoms with E-state index in [9.17, 15) is 22.7 Å². The van der Waals surface area contributed by atoms with E-state index in [1.165, 1.54) is 18.5 Å². The van der Waals surface area contributed by atoms with Gasteiger partial charge < -0.3 is 19.4 Å². The normalized spacial score (nSPS) is 18.9. The molecule has 2 aliphatic carbocycles. The van der Waals surface area contributed by atoms with Gasteiger partial charge in [-0.2, -0.15) is 13.2 Å². The number of nitrogens with zero attached hydrogens (tertiary/aromatic N) is 5. The van der Waals surface area contributed by atoms with Crippen LogP contribution in [-0.2, 0) is 19.6 Å². The summed E-state index contributed by atoms with van der Waals surface area (Å²) in [6.45, 7) is 0.426. The Balaban J connectivity index is 1.29. The molecule has 2 atom stereocenters. The van der Waals surface area contributed by atoms with Crippen LogP contribution in [0.5, 0.6) is 0 Å². The van der Waals surface area contributed by atoms with E-state index in [-0.39, 0.29) is 29.0 Å². The standard InChI is InChI=1S/C32H30F4N6O2/c1-42-16-38-41-30(42)22-15-20(33)7-8-21(22)19-13-25(18-5-6-18)39-27(14-19)31-40-26-12-17(9-10-37-24-3-2-4-28(24)43)11-23(29(26)44-31)32(34,35)36/h7-8,11-16,18,24,28,37,43H,2-6,9-10H2,1H3/t24-,28+/m1/s1. The SMILES string of the molecule is Cn1cnnc1-c1cc(F)ccc1-c1cc(-c2nc3cc(CCN[C@@H]4CCC[C@@H]4O)cc(C(F)(F)F)c3o2)nc(C2CC2)c1. The van der Waals surface area contributed by atoms with E-state index in [1.54, 1.807) is 29.8 Å². The zero-order valence-electron chi connectivity index (χ0n) is 23.9. The van der Waals surface area contributed by atoms with Gasteiger partial charge in [-0.1, -0.05) is 6.07 Å². The van der Waals surface area contributed by atoms with E-state index in [1.807, 2.05) is 6.07 Å². The molecule has 228 valence electrons. The second-order valence-electron chi connectivity index (χ2n) is 11.7. The molecule has 3 aromatic heterocycles. The summed E-state index contributed by atoms with van der Waals surface area (Å²) in [6.07, 6.45) is 1.13. The number of hydrogen-bond donors (Lipinski definition) is 2. The fraction of sp³-hybridized carbons (Fsp3) is 0.375. The highest BCUT2D eigenvalue weighted by Gasteiger charge is 2.36. The third-order valence-corrected chi connectivity index (χ3v) is 8.46. The molecule has 0 aliphatic heterocycles. The summed E-state index contributed by atoms with van der Waals surface area (Å²) < 4.78 is 64.6. The van der Waals surface area contributed by atoms with Crippen LogP contribution in [0.25, 0.3) is 45.2 Å². The minimum Gasteiger partial charge on any atom is -0.434 e. The monoisotopic (exact) mass is 606 g/mol. The van der Waals surface area contributed by atoms with Crippen molar-refractivity contribution < 1.29 is 27.1 Å². The van der Waals surface area contributed by atoms with Crippen LogP contribution in [0.2, 0.25) is 0 Å². The predicted molar refractivity (Wildman–Crippen MR) is 155 cm³/mol. The Labute approximate surface area is 250 Å². The number of pyridine rings is 1. The fourth-order valence-electron chi connectivity index (χ4n) is 6.02. The molecule has 0 amide bonds. The Morgan fingerprint density at radius 2 is 1.86 bits per heavy atom. The lowest BCUT2D eigenvalue weighted by Crippen LogP contribution is -2.36. The molecule has 0 bridgehead atoms. The number of hydrogen-bond acceptors (Lipinski definition) is 7. The van der Waals surface area contributed by atoms with Crippen LogP contribution < -0.4 is 5.32 Å². The maximum atomic E-state index is 14.4. The number of aryl methyl sites for hydroxylation is 1. The molecule has 0 radical (unpaired) electrons. The predicted octanol–water partition coefficient (Wildman–Crippen LogP) is 6.43. The molecule has 0 unspecified atom stereocenters. The van der Waals surface area contributed by atoms with Crippen molar-refractivity contribution in [1.82, 2.24) is 30.0 Å². The summed E-state index contributed by atoms with van der Waals surface area (Å²) in [7, 11) is 1.76. The first-order valence-electron chi connectivity index (χ1n) is 14.7. The topological polar surface area (TPSA) is 102 Å². The second-order valence-corrected chi connectivity index (χ2v) is 11.7. The van der Waals surface area contributed by atoms with Crippen LogP contribution in [0.1, 0.15) is 54.8 Å². The van der Waals surface area contributed by atoms with Crippen LogP contribution in [-0.4, -0.2) is 48.5 Å². The molecule has 2 aliphatic rings. The molecule has 12 heteroatoms. The van der Waals surface area contributed by atoms with Crippen molar-refractivity contribution in [1.29, 1.82) is 0 Å². The molecule has 5 aromatic rings. The van der Waals surface area contributed by atoms with Gasteiger partial charge >= 0.3 is 6.18 Å². The maximum absolute atomic E-state index is 14.4. The number of aromatic nitrogens is 5. The van der Waals surface area contributed by atoms with Crippen molar-refractivity contribution in [3.63, 3.8) is 0 Å². The number of alkyl halides is 3. The Morgan fingerprint density at radius 1 is 1.02 bits per heavy atom. The summed E-state index contributed by atoms with van der Waals surface area (Å²) in [6, 6.07) is 10.7. The molecule has 2 aromatic carbocycles. The third kappa shape index (κ3) is 5.59. The molecular weight excluding hydrogens is 576 g/mol. The van der Waals surface area contributed by atoms with Crippen molar-refractivity contribution in [2.45, 2.75) is 62.8 Å². The van der Waals surface area contributed by atoms with Crippen LogP contribution in [0, 0.1) is 5.82 Å². The van der Waals surface area contributed by atoms with E-state index < -0.39 is 23.7 Å². The first-order chi connectivity index (χ1) is 21.1. The largest absolute Gasteiger partial charge is 0.434 e. The first-order valence-corrected chi connectivity index (χ1v) is 14.7. The van der Waals surface area contributed by atoms with Crippen molar-refractivity contribution in [3.05, 3.63) is 71.4 Å². The number of nitrogens with one attached hydrogen (secondary N) is 1. The van der Waals surface area contributed by atoms with E-state index in [2.05, 4.69) is 20.5 Å².